The molecule has 1 aliphatic heterocycles. The summed E-state index contributed by atoms with van der Waals surface area (Å²) in [6.45, 7) is 12.1. The predicted molar refractivity (Wildman–Crippen MR) is 140 cm³/mol. The van der Waals surface area contributed by atoms with Crippen LogP contribution in [0.4, 0.5) is 0 Å². The van der Waals surface area contributed by atoms with Crippen LogP contribution in [0.2, 0.25) is 5.02 Å². The molecule has 0 bridgehead atoms. The topological polar surface area (TPSA) is 67.4 Å². The SMILES string of the molecule is CC(C)Oc1ccc(-c2cc(-c3cccc4c3CCN(CCC(=O)OC(C)(C)C)C4)[nH]n2)cc1Cl. The van der Waals surface area contributed by atoms with Gasteiger partial charge in [0.15, 0.2) is 0 Å². The van der Waals surface area contributed by atoms with E-state index in [9.17, 15) is 4.79 Å². The molecule has 35 heavy (non-hydrogen) atoms. The van der Waals surface area contributed by atoms with Crippen molar-refractivity contribution in [1.29, 1.82) is 0 Å². The van der Waals surface area contributed by atoms with Gasteiger partial charge in [0.2, 0.25) is 0 Å². The maximum atomic E-state index is 12.1. The molecular formula is C28H34ClN3O3. The summed E-state index contributed by atoms with van der Waals surface area (Å²) in [5, 5.41) is 8.33. The third-order valence-corrected chi connectivity index (χ3v) is 6.15. The molecule has 4 rings (SSSR count). The predicted octanol–water partition coefficient (Wildman–Crippen LogP) is 6.27. The van der Waals surface area contributed by atoms with Gasteiger partial charge in [-0.15, -0.1) is 0 Å². The number of carbonyl (C=O) groups is 1. The fourth-order valence-electron chi connectivity index (χ4n) is 4.37. The number of ether oxygens (including phenoxy) is 2. The summed E-state index contributed by atoms with van der Waals surface area (Å²) < 4.78 is 11.2. The number of halogens is 1. The molecule has 0 atom stereocenters. The average molecular weight is 496 g/mol. The number of fused-ring (bicyclic) bond motifs is 1. The van der Waals surface area contributed by atoms with Crippen molar-refractivity contribution in [3.8, 4) is 28.3 Å². The fourth-order valence-corrected chi connectivity index (χ4v) is 4.60. The molecule has 0 saturated carbocycles. The first kappa shape index (κ1) is 25.3. The number of rotatable bonds is 7. The van der Waals surface area contributed by atoms with Gasteiger partial charge in [0.05, 0.1) is 28.9 Å². The smallest absolute Gasteiger partial charge is 0.307 e. The maximum absolute atomic E-state index is 12.1. The van der Waals surface area contributed by atoms with Crippen LogP contribution in [0.5, 0.6) is 5.75 Å². The summed E-state index contributed by atoms with van der Waals surface area (Å²) in [5.41, 5.74) is 6.09. The largest absolute Gasteiger partial charge is 0.489 e. The van der Waals surface area contributed by atoms with Crippen molar-refractivity contribution in [2.24, 2.45) is 0 Å². The molecule has 0 spiro atoms. The van der Waals surface area contributed by atoms with E-state index >= 15 is 0 Å². The maximum Gasteiger partial charge on any atom is 0.307 e. The van der Waals surface area contributed by atoms with E-state index in [1.807, 2.05) is 52.8 Å². The second kappa shape index (κ2) is 10.4. The minimum atomic E-state index is -0.446. The molecule has 6 nitrogen and oxygen atoms in total. The molecule has 0 aliphatic carbocycles. The Balaban J connectivity index is 1.47. The third kappa shape index (κ3) is 6.44. The zero-order valence-electron chi connectivity index (χ0n) is 21.2. The molecule has 0 fully saturated rings. The Morgan fingerprint density at radius 1 is 1.20 bits per heavy atom. The van der Waals surface area contributed by atoms with E-state index in [1.54, 1.807) is 0 Å². The number of carbonyl (C=O) groups excluding carboxylic acids is 1. The number of hydrogen-bond acceptors (Lipinski definition) is 5. The van der Waals surface area contributed by atoms with Crippen molar-refractivity contribution in [2.45, 2.75) is 65.7 Å². The van der Waals surface area contributed by atoms with Crippen LogP contribution in [-0.4, -0.2) is 45.9 Å². The first-order valence-corrected chi connectivity index (χ1v) is 12.5. The zero-order valence-corrected chi connectivity index (χ0v) is 21.9. The molecule has 0 amide bonds. The normalized spacial score (nSPS) is 14.1. The van der Waals surface area contributed by atoms with Crippen LogP contribution >= 0.6 is 11.6 Å². The van der Waals surface area contributed by atoms with Gasteiger partial charge in [-0.1, -0.05) is 29.8 Å². The third-order valence-electron chi connectivity index (χ3n) is 5.86. The Labute approximate surface area is 212 Å². The van der Waals surface area contributed by atoms with Crippen molar-refractivity contribution in [2.75, 3.05) is 13.1 Å². The van der Waals surface area contributed by atoms with Gasteiger partial charge in [-0.25, -0.2) is 0 Å². The van der Waals surface area contributed by atoms with Gasteiger partial charge in [0.1, 0.15) is 11.4 Å². The quantitative estimate of drug-likeness (QED) is 0.391. The van der Waals surface area contributed by atoms with Crippen LogP contribution in [0.15, 0.2) is 42.5 Å². The highest BCUT2D eigenvalue weighted by atomic mass is 35.5. The van der Waals surface area contributed by atoms with Crippen molar-refractivity contribution in [3.05, 3.63) is 58.6 Å². The van der Waals surface area contributed by atoms with Crippen molar-refractivity contribution in [1.82, 2.24) is 15.1 Å². The number of nitrogens with one attached hydrogen (secondary N) is 1. The summed E-state index contributed by atoms with van der Waals surface area (Å²) in [6, 6.07) is 14.2. The van der Waals surface area contributed by atoms with Gasteiger partial charge in [0.25, 0.3) is 0 Å². The van der Waals surface area contributed by atoms with Gasteiger partial charge in [-0.2, -0.15) is 5.10 Å². The van der Waals surface area contributed by atoms with E-state index in [1.165, 1.54) is 16.7 Å². The van der Waals surface area contributed by atoms with Crippen molar-refractivity contribution >= 4 is 17.6 Å². The second-order valence-corrected chi connectivity index (χ2v) is 10.7. The Hall–Kier alpha value is -2.83. The lowest BCUT2D eigenvalue weighted by molar-refractivity contribution is -0.155. The van der Waals surface area contributed by atoms with E-state index in [4.69, 9.17) is 21.1 Å². The number of esters is 1. The van der Waals surface area contributed by atoms with E-state index < -0.39 is 5.60 Å². The van der Waals surface area contributed by atoms with Gasteiger partial charge >= 0.3 is 5.97 Å². The fraction of sp³-hybridized carbons (Fsp3) is 0.429. The van der Waals surface area contributed by atoms with Gasteiger partial charge in [0, 0.05) is 30.8 Å². The zero-order chi connectivity index (χ0) is 25.2. The lowest BCUT2D eigenvalue weighted by Crippen LogP contribution is -2.34. The molecule has 7 heteroatoms. The molecule has 0 saturated heterocycles. The molecule has 2 heterocycles. The van der Waals surface area contributed by atoms with E-state index in [-0.39, 0.29) is 12.1 Å². The lowest BCUT2D eigenvalue weighted by atomic mass is 9.92. The number of aromatic nitrogens is 2. The number of benzene rings is 2. The number of H-pyrrole nitrogens is 1. The minimum absolute atomic E-state index is 0.0628. The van der Waals surface area contributed by atoms with Crippen molar-refractivity contribution in [3.63, 3.8) is 0 Å². The summed E-state index contributed by atoms with van der Waals surface area (Å²) in [6.07, 6.45) is 1.38. The molecule has 3 aromatic rings. The number of aromatic amines is 1. The molecule has 2 aromatic carbocycles. The molecule has 186 valence electrons. The van der Waals surface area contributed by atoms with Crippen LogP contribution in [0.1, 0.15) is 52.2 Å². The molecule has 1 aliphatic rings. The average Bonchev–Trinajstić information content (AvgIpc) is 3.27. The first-order valence-electron chi connectivity index (χ1n) is 12.2. The Bertz CT molecular complexity index is 1200. The van der Waals surface area contributed by atoms with Crippen LogP contribution in [0.25, 0.3) is 22.5 Å². The van der Waals surface area contributed by atoms with Crippen LogP contribution in [-0.2, 0) is 22.5 Å². The Morgan fingerprint density at radius 2 is 2.00 bits per heavy atom. The van der Waals surface area contributed by atoms with E-state index in [2.05, 4.69) is 39.4 Å². The lowest BCUT2D eigenvalue weighted by Gasteiger charge is -2.30. The number of nitrogens with zero attached hydrogens (tertiary/aromatic N) is 2. The summed E-state index contributed by atoms with van der Waals surface area (Å²) in [7, 11) is 0. The second-order valence-electron chi connectivity index (χ2n) is 10.3. The van der Waals surface area contributed by atoms with Crippen LogP contribution in [0, 0.1) is 0 Å². The first-order chi connectivity index (χ1) is 16.6. The minimum Gasteiger partial charge on any atom is -0.489 e. The van der Waals surface area contributed by atoms with Gasteiger partial charge in [-0.3, -0.25) is 14.8 Å². The van der Waals surface area contributed by atoms with E-state index in [0.717, 1.165) is 36.5 Å². The Morgan fingerprint density at radius 3 is 2.71 bits per heavy atom. The van der Waals surface area contributed by atoms with Gasteiger partial charge < -0.3 is 9.47 Å². The van der Waals surface area contributed by atoms with Crippen molar-refractivity contribution < 1.29 is 14.3 Å². The molecule has 1 N–H and O–H groups in total. The standard InChI is InChI=1S/C28H34ClN3O3/c1-18(2)34-26-10-9-19(15-23(26)29)24-16-25(31-30-24)22-8-6-7-20-17-32(13-11-21(20)22)14-12-27(33)35-28(3,4)5/h6-10,15-16,18H,11-14,17H2,1-5H3,(H,30,31). The highest BCUT2D eigenvalue weighted by molar-refractivity contribution is 6.32. The van der Waals surface area contributed by atoms with Crippen LogP contribution in [0.3, 0.4) is 0 Å². The molecule has 1 aromatic heterocycles. The highest BCUT2D eigenvalue weighted by Gasteiger charge is 2.22. The van der Waals surface area contributed by atoms with Crippen LogP contribution < -0.4 is 4.74 Å². The summed E-state index contributed by atoms with van der Waals surface area (Å²) in [5.74, 6) is 0.528. The Kier molecular flexibility index (Phi) is 7.53. The summed E-state index contributed by atoms with van der Waals surface area (Å²) in [4.78, 5) is 14.4. The molecule has 0 radical (unpaired) electrons. The monoisotopic (exact) mass is 495 g/mol. The summed E-state index contributed by atoms with van der Waals surface area (Å²) >= 11 is 6.44. The molecular weight excluding hydrogens is 462 g/mol. The molecule has 0 unspecified atom stereocenters. The van der Waals surface area contributed by atoms with E-state index in [0.29, 0.717) is 23.7 Å². The number of hydrogen-bond donors (Lipinski definition) is 1. The van der Waals surface area contributed by atoms with Gasteiger partial charge in [-0.05, 0) is 76.4 Å². The highest BCUT2D eigenvalue weighted by Crippen LogP contribution is 2.34.